The second kappa shape index (κ2) is 7.50. The molecule has 0 aliphatic heterocycles. The van der Waals surface area contributed by atoms with Crippen molar-refractivity contribution in [2.45, 2.75) is 0 Å². The van der Waals surface area contributed by atoms with Crippen LogP contribution in [0.3, 0.4) is 0 Å². The molecule has 5 aromatic rings. The van der Waals surface area contributed by atoms with Crippen LogP contribution in [0.5, 0.6) is 0 Å². The Hall–Kier alpha value is -3.90. The Morgan fingerprint density at radius 3 is 1.87 bits per heavy atom. The molecule has 5 aromatic carbocycles. The minimum Gasteiger partial charge on any atom is -0.0991 e. The molecule has 142 valence electrons. The highest BCUT2D eigenvalue weighted by Crippen LogP contribution is 2.38. The first-order valence-corrected chi connectivity index (χ1v) is 10.2. The summed E-state index contributed by atoms with van der Waals surface area (Å²) in [7, 11) is 0. The van der Waals surface area contributed by atoms with Crippen LogP contribution >= 0.6 is 0 Å². The van der Waals surface area contributed by atoms with Crippen molar-refractivity contribution in [2.24, 2.45) is 0 Å². The lowest BCUT2D eigenvalue weighted by Crippen LogP contribution is -1.87. The number of rotatable bonds is 4. The average molecular weight is 383 g/mol. The lowest BCUT2D eigenvalue weighted by atomic mass is 9.90. The van der Waals surface area contributed by atoms with Gasteiger partial charge in [0.05, 0.1) is 0 Å². The first kappa shape index (κ1) is 18.1. The van der Waals surface area contributed by atoms with Crippen LogP contribution in [0.15, 0.2) is 122 Å². The molecule has 0 N–H and O–H groups in total. The third kappa shape index (κ3) is 3.03. The van der Waals surface area contributed by atoms with E-state index in [1.807, 2.05) is 12.2 Å². The van der Waals surface area contributed by atoms with Crippen molar-refractivity contribution in [1.29, 1.82) is 0 Å². The molecule has 0 atom stereocenters. The fraction of sp³-hybridized carbons (Fsp3) is 0. The highest BCUT2D eigenvalue weighted by molar-refractivity contribution is 6.26. The van der Waals surface area contributed by atoms with E-state index in [1.54, 1.807) is 6.08 Å². The maximum Gasteiger partial charge on any atom is -0.00926 e. The monoisotopic (exact) mass is 382 g/mol. The molecule has 30 heavy (non-hydrogen) atoms. The van der Waals surface area contributed by atoms with Crippen molar-refractivity contribution in [2.75, 3.05) is 0 Å². The quantitative estimate of drug-likeness (QED) is 0.216. The Bertz CT molecular complexity index is 1450. The predicted molar refractivity (Wildman–Crippen MR) is 133 cm³/mol. The van der Waals surface area contributed by atoms with Gasteiger partial charge in [-0.25, -0.2) is 0 Å². The Morgan fingerprint density at radius 2 is 1.17 bits per heavy atom. The van der Waals surface area contributed by atoms with Crippen LogP contribution in [0, 0.1) is 0 Å². The first-order chi connectivity index (χ1) is 14.8. The van der Waals surface area contributed by atoms with Crippen LogP contribution in [-0.4, -0.2) is 0 Å². The van der Waals surface area contributed by atoms with Crippen molar-refractivity contribution in [3.8, 4) is 11.1 Å². The Morgan fingerprint density at radius 1 is 0.567 bits per heavy atom. The standard InChI is InChI=1S/C30H22/c1-3-4-10-21(2)23-15-17-27-25-13-8-9-14-26(25)28-18-16-24(20-30(28)29(27)19-23)22-11-6-5-7-12-22/h3-20H,1-2H2/b10-4-. The fourth-order valence-corrected chi connectivity index (χ4v) is 4.25. The molecule has 0 spiro atoms. The van der Waals surface area contributed by atoms with Crippen LogP contribution in [0.2, 0.25) is 0 Å². The van der Waals surface area contributed by atoms with E-state index in [2.05, 4.69) is 104 Å². The Kier molecular flexibility index (Phi) is 4.53. The molecule has 0 saturated carbocycles. The second-order valence-electron chi connectivity index (χ2n) is 7.55. The van der Waals surface area contributed by atoms with Crippen LogP contribution in [0.1, 0.15) is 5.56 Å². The minimum absolute atomic E-state index is 0.984. The van der Waals surface area contributed by atoms with Gasteiger partial charge in [-0.15, -0.1) is 0 Å². The van der Waals surface area contributed by atoms with Crippen LogP contribution in [0.25, 0.3) is 49.0 Å². The molecular weight excluding hydrogens is 360 g/mol. The molecule has 0 aromatic heterocycles. The number of fused-ring (bicyclic) bond motifs is 6. The molecule has 0 nitrogen and oxygen atoms in total. The molecule has 0 heterocycles. The summed E-state index contributed by atoms with van der Waals surface area (Å²) >= 11 is 0. The molecule has 0 amide bonds. The van der Waals surface area contributed by atoms with E-state index in [0.29, 0.717) is 0 Å². The smallest absolute Gasteiger partial charge is 0.00926 e. The molecule has 0 fully saturated rings. The van der Waals surface area contributed by atoms with Gasteiger partial charge in [0.1, 0.15) is 0 Å². The van der Waals surface area contributed by atoms with E-state index in [0.717, 1.165) is 11.1 Å². The normalized spacial score (nSPS) is 11.5. The number of allylic oxidation sites excluding steroid dienone is 4. The number of hydrogen-bond donors (Lipinski definition) is 0. The summed E-state index contributed by atoms with van der Waals surface area (Å²) in [4.78, 5) is 0. The molecule has 5 rings (SSSR count). The molecule has 0 aliphatic carbocycles. The van der Waals surface area contributed by atoms with Gasteiger partial charge in [0.25, 0.3) is 0 Å². The largest absolute Gasteiger partial charge is 0.0991 e. The molecule has 0 unspecified atom stereocenters. The maximum absolute atomic E-state index is 4.24. The third-order valence-electron chi connectivity index (χ3n) is 5.75. The van der Waals surface area contributed by atoms with E-state index in [4.69, 9.17) is 0 Å². The van der Waals surface area contributed by atoms with Crippen molar-refractivity contribution < 1.29 is 0 Å². The predicted octanol–water partition coefficient (Wildman–Crippen LogP) is 8.57. The van der Waals surface area contributed by atoms with Crippen molar-refractivity contribution in [3.05, 3.63) is 128 Å². The van der Waals surface area contributed by atoms with Gasteiger partial charge >= 0.3 is 0 Å². The first-order valence-electron chi connectivity index (χ1n) is 10.2. The van der Waals surface area contributed by atoms with Crippen molar-refractivity contribution >= 4 is 37.9 Å². The zero-order chi connectivity index (χ0) is 20.5. The SMILES string of the molecule is C=C/C=C\C(=C)c1ccc2c3ccccc3c3ccc(-c4ccccc4)cc3c2c1. The molecule has 0 bridgehead atoms. The van der Waals surface area contributed by atoms with Crippen LogP contribution in [0.4, 0.5) is 0 Å². The van der Waals surface area contributed by atoms with E-state index in [1.165, 1.54) is 43.4 Å². The third-order valence-corrected chi connectivity index (χ3v) is 5.75. The second-order valence-corrected chi connectivity index (χ2v) is 7.55. The summed E-state index contributed by atoms with van der Waals surface area (Å²) in [6.45, 7) is 8.00. The highest BCUT2D eigenvalue weighted by Gasteiger charge is 2.11. The lowest BCUT2D eigenvalue weighted by molar-refractivity contribution is 1.65. The summed E-state index contributed by atoms with van der Waals surface area (Å²) in [5.74, 6) is 0. The maximum atomic E-state index is 4.24. The van der Waals surface area contributed by atoms with E-state index in [9.17, 15) is 0 Å². The van der Waals surface area contributed by atoms with Gasteiger partial charge in [0.2, 0.25) is 0 Å². The van der Waals surface area contributed by atoms with Gasteiger partial charge in [0, 0.05) is 0 Å². The summed E-state index contributed by atoms with van der Waals surface area (Å²) in [5, 5.41) is 7.65. The van der Waals surface area contributed by atoms with Gasteiger partial charge in [-0.05, 0) is 66.7 Å². The molecule has 0 aliphatic rings. The topological polar surface area (TPSA) is 0 Å². The van der Waals surface area contributed by atoms with Gasteiger partial charge in [-0.1, -0.05) is 110 Å². The van der Waals surface area contributed by atoms with Crippen molar-refractivity contribution in [3.63, 3.8) is 0 Å². The highest BCUT2D eigenvalue weighted by atomic mass is 14.1. The Labute approximate surface area is 177 Å². The van der Waals surface area contributed by atoms with Gasteiger partial charge in [-0.3, -0.25) is 0 Å². The lowest BCUT2D eigenvalue weighted by Gasteiger charge is -2.13. The van der Waals surface area contributed by atoms with Crippen molar-refractivity contribution in [1.82, 2.24) is 0 Å². The van der Waals surface area contributed by atoms with Gasteiger partial charge in [-0.2, -0.15) is 0 Å². The number of hydrogen-bond acceptors (Lipinski definition) is 0. The minimum atomic E-state index is 0.984. The van der Waals surface area contributed by atoms with Gasteiger partial charge < -0.3 is 0 Å². The summed E-state index contributed by atoms with van der Waals surface area (Å²) in [5.41, 5.74) is 4.57. The summed E-state index contributed by atoms with van der Waals surface area (Å²) in [6, 6.07) is 32.7. The van der Waals surface area contributed by atoms with Crippen LogP contribution < -0.4 is 0 Å². The molecular formula is C30H22. The van der Waals surface area contributed by atoms with Crippen LogP contribution in [-0.2, 0) is 0 Å². The zero-order valence-electron chi connectivity index (χ0n) is 16.8. The zero-order valence-corrected chi connectivity index (χ0v) is 16.8. The fourth-order valence-electron chi connectivity index (χ4n) is 4.25. The van der Waals surface area contributed by atoms with E-state index in [-0.39, 0.29) is 0 Å². The van der Waals surface area contributed by atoms with Gasteiger partial charge in [0.15, 0.2) is 0 Å². The van der Waals surface area contributed by atoms with E-state index < -0.39 is 0 Å². The molecule has 0 radical (unpaired) electrons. The summed E-state index contributed by atoms with van der Waals surface area (Å²) in [6.07, 6.45) is 5.71. The Balaban J connectivity index is 1.87. The molecule has 0 saturated heterocycles. The number of benzene rings is 5. The van der Waals surface area contributed by atoms with E-state index >= 15 is 0 Å². The average Bonchev–Trinajstić information content (AvgIpc) is 2.82. The summed E-state index contributed by atoms with van der Waals surface area (Å²) < 4.78 is 0. The molecule has 0 heteroatoms.